The molecule has 0 saturated heterocycles. The first-order valence-corrected chi connectivity index (χ1v) is 17.1. The van der Waals surface area contributed by atoms with Crippen molar-refractivity contribution in [3.05, 3.63) is 137 Å². The first kappa shape index (κ1) is 33.7. The summed E-state index contributed by atoms with van der Waals surface area (Å²) in [5.41, 5.74) is 4.17. The summed E-state index contributed by atoms with van der Waals surface area (Å²) in [7, 11) is -0.531. The fourth-order valence-electron chi connectivity index (χ4n) is 5.53. The highest BCUT2D eigenvalue weighted by Gasteiger charge is 2.34. The number of rotatable bonds is 17. The molecule has 45 heavy (non-hydrogen) atoms. The van der Waals surface area contributed by atoms with Gasteiger partial charge in [0.05, 0.1) is 0 Å². The zero-order valence-corrected chi connectivity index (χ0v) is 27.1. The molecule has 0 spiro atoms. The van der Waals surface area contributed by atoms with Crippen LogP contribution >= 0.6 is 0 Å². The Bertz CT molecular complexity index is 1520. The summed E-state index contributed by atoms with van der Waals surface area (Å²) in [6, 6.07) is 26.3. The highest BCUT2D eigenvalue weighted by molar-refractivity contribution is 7.92. The first-order chi connectivity index (χ1) is 21.8. The molecule has 7 nitrogen and oxygen atoms in total. The van der Waals surface area contributed by atoms with Crippen LogP contribution < -0.4 is 0 Å². The van der Waals surface area contributed by atoms with Crippen LogP contribution in [0.25, 0.3) is 6.08 Å². The maximum atomic E-state index is 14.3. The minimum absolute atomic E-state index is 0.0407. The van der Waals surface area contributed by atoms with Gasteiger partial charge in [-0.2, -0.15) is 4.31 Å². The Labute approximate surface area is 268 Å². The van der Waals surface area contributed by atoms with Crippen molar-refractivity contribution in [2.75, 3.05) is 14.1 Å². The van der Waals surface area contributed by atoms with E-state index in [1.807, 2.05) is 92.2 Å². The molecule has 0 aliphatic rings. The van der Waals surface area contributed by atoms with E-state index in [-0.39, 0.29) is 11.9 Å². The fraction of sp³-hybridized carbons (Fsp3) is 0.324. The van der Waals surface area contributed by atoms with Crippen molar-refractivity contribution < 1.29 is 13.2 Å². The minimum Gasteiger partial charge on any atom is -0.341 e. The van der Waals surface area contributed by atoms with Gasteiger partial charge in [0.25, 0.3) is 0 Å². The highest BCUT2D eigenvalue weighted by Crippen LogP contribution is 2.22. The molecule has 0 aliphatic carbocycles. The van der Waals surface area contributed by atoms with Crippen molar-refractivity contribution in [3.63, 3.8) is 0 Å². The first-order valence-electron chi connectivity index (χ1n) is 15.6. The Morgan fingerprint density at radius 3 is 1.78 bits per heavy atom. The third-order valence-corrected chi connectivity index (χ3v) is 9.79. The lowest BCUT2D eigenvalue weighted by Gasteiger charge is -2.34. The smallest absolute Gasteiger partial charge is 0.241 e. The van der Waals surface area contributed by atoms with Crippen LogP contribution in [0.4, 0.5) is 0 Å². The molecule has 1 amide bonds. The van der Waals surface area contributed by atoms with E-state index in [1.165, 1.54) is 16.8 Å². The van der Waals surface area contributed by atoms with Gasteiger partial charge in [0.2, 0.25) is 15.9 Å². The summed E-state index contributed by atoms with van der Waals surface area (Å²) in [5, 5.41) is 1.20. The van der Waals surface area contributed by atoms with E-state index in [2.05, 4.69) is 22.1 Å². The van der Waals surface area contributed by atoms with Crippen molar-refractivity contribution >= 4 is 22.0 Å². The van der Waals surface area contributed by atoms with Crippen LogP contribution in [-0.2, 0) is 34.1 Å². The lowest BCUT2D eigenvalue weighted by Crippen LogP contribution is -2.50. The SMILES string of the molecule is CN(C(=O)[C@H](CCc1ccccc1)N(C)S(=O)(=O)/C=C/c1ccccc1)C(CCCc1cccnc1)CCCc1cccnc1. The van der Waals surface area contributed by atoms with Gasteiger partial charge in [0, 0.05) is 50.3 Å². The van der Waals surface area contributed by atoms with Gasteiger partial charge in [-0.25, -0.2) is 8.42 Å². The number of sulfonamides is 1. The number of aromatic nitrogens is 2. The second-order valence-electron chi connectivity index (χ2n) is 11.4. The largest absolute Gasteiger partial charge is 0.341 e. The molecule has 0 bridgehead atoms. The van der Waals surface area contributed by atoms with Gasteiger partial charge in [0.15, 0.2) is 0 Å². The Hall–Kier alpha value is -4.14. The van der Waals surface area contributed by atoms with Gasteiger partial charge >= 0.3 is 0 Å². The van der Waals surface area contributed by atoms with Crippen LogP contribution in [0.5, 0.6) is 0 Å². The number of hydrogen-bond donors (Lipinski definition) is 0. The number of benzene rings is 2. The number of aryl methyl sites for hydroxylation is 3. The van der Waals surface area contributed by atoms with Crippen molar-refractivity contribution in [1.82, 2.24) is 19.2 Å². The maximum Gasteiger partial charge on any atom is 0.241 e. The molecule has 2 aromatic heterocycles. The normalized spacial score (nSPS) is 12.5. The molecule has 0 N–H and O–H groups in total. The van der Waals surface area contributed by atoms with Crippen LogP contribution in [0.1, 0.15) is 54.4 Å². The molecule has 8 heteroatoms. The lowest BCUT2D eigenvalue weighted by atomic mass is 9.97. The van der Waals surface area contributed by atoms with E-state index in [0.29, 0.717) is 12.8 Å². The van der Waals surface area contributed by atoms with Gasteiger partial charge in [-0.1, -0.05) is 72.8 Å². The fourth-order valence-corrected chi connectivity index (χ4v) is 6.60. The van der Waals surface area contributed by atoms with Crippen molar-refractivity contribution in [3.8, 4) is 0 Å². The third-order valence-electron chi connectivity index (χ3n) is 8.25. The summed E-state index contributed by atoms with van der Waals surface area (Å²) in [6.45, 7) is 0. The molecule has 4 aromatic rings. The molecular weight excluding hydrogens is 580 g/mol. The van der Waals surface area contributed by atoms with Gasteiger partial charge < -0.3 is 4.90 Å². The standard InChI is InChI=1S/C37H44N4O3S/c1-40(35(21-9-17-33-19-11-26-38-29-33)22-10-18-34-20-12-27-39-30-34)37(42)36(24-23-31-13-5-3-6-14-31)41(2)45(43,44)28-25-32-15-7-4-8-16-32/h3-8,11-16,19-20,25-30,35-36H,9-10,17-18,21-24H2,1-2H3/b28-25+/t36-/m0/s1. The third kappa shape index (κ3) is 10.8. The molecular formula is C37H44N4O3S. The summed E-state index contributed by atoms with van der Waals surface area (Å²) < 4.78 is 28.4. The van der Waals surface area contributed by atoms with Crippen LogP contribution in [0.2, 0.25) is 0 Å². The van der Waals surface area contributed by atoms with Crippen LogP contribution in [-0.4, -0.2) is 59.7 Å². The van der Waals surface area contributed by atoms with Gasteiger partial charge in [-0.15, -0.1) is 0 Å². The van der Waals surface area contributed by atoms with E-state index in [1.54, 1.807) is 23.4 Å². The monoisotopic (exact) mass is 624 g/mol. The molecule has 0 aliphatic heterocycles. The number of carbonyl (C=O) groups excluding carboxylic acids is 1. The highest BCUT2D eigenvalue weighted by atomic mass is 32.2. The Morgan fingerprint density at radius 1 is 0.711 bits per heavy atom. The van der Waals surface area contributed by atoms with E-state index in [4.69, 9.17) is 0 Å². The lowest BCUT2D eigenvalue weighted by molar-refractivity contribution is -0.136. The molecule has 0 fully saturated rings. The Balaban J connectivity index is 1.53. The number of carbonyl (C=O) groups is 1. The summed E-state index contributed by atoms with van der Waals surface area (Å²) in [4.78, 5) is 24.6. The van der Waals surface area contributed by atoms with E-state index in [0.717, 1.165) is 60.8 Å². The van der Waals surface area contributed by atoms with Gasteiger partial charge in [-0.3, -0.25) is 14.8 Å². The minimum atomic E-state index is -3.88. The van der Waals surface area contributed by atoms with E-state index in [9.17, 15) is 13.2 Å². The molecule has 4 rings (SSSR count). The average Bonchev–Trinajstić information content (AvgIpc) is 3.08. The number of nitrogens with zero attached hydrogens (tertiary/aromatic N) is 4. The Morgan fingerprint density at radius 2 is 1.24 bits per heavy atom. The molecule has 0 radical (unpaired) electrons. The van der Waals surface area contributed by atoms with Crippen molar-refractivity contribution in [2.45, 2.75) is 63.5 Å². The Kier molecular flexibility index (Phi) is 13.0. The average molecular weight is 625 g/mol. The quantitative estimate of drug-likeness (QED) is 0.133. The molecule has 1 atom stereocenters. The second kappa shape index (κ2) is 17.4. The van der Waals surface area contributed by atoms with Crippen molar-refractivity contribution in [1.29, 1.82) is 0 Å². The molecule has 0 unspecified atom stereocenters. The number of pyridine rings is 2. The number of likely N-dealkylation sites (N-methyl/N-ethyl adjacent to an activating group) is 2. The van der Waals surface area contributed by atoms with Crippen LogP contribution in [0.3, 0.4) is 0 Å². The zero-order valence-electron chi connectivity index (χ0n) is 26.3. The topological polar surface area (TPSA) is 83.5 Å². The second-order valence-corrected chi connectivity index (χ2v) is 13.3. The summed E-state index contributed by atoms with van der Waals surface area (Å²) >= 11 is 0. The van der Waals surface area contributed by atoms with E-state index >= 15 is 0 Å². The van der Waals surface area contributed by atoms with Gasteiger partial charge in [-0.05, 0) is 91.8 Å². The van der Waals surface area contributed by atoms with E-state index < -0.39 is 16.1 Å². The molecule has 0 saturated carbocycles. The predicted octanol–water partition coefficient (Wildman–Crippen LogP) is 6.58. The molecule has 2 heterocycles. The van der Waals surface area contributed by atoms with Crippen LogP contribution in [0.15, 0.2) is 115 Å². The maximum absolute atomic E-state index is 14.3. The number of amides is 1. The summed E-state index contributed by atoms with van der Waals surface area (Å²) in [5.74, 6) is -0.183. The van der Waals surface area contributed by atoms with Gasteiger partial charge in [0.1, 0.15) is 6.04 Å². The molecule has 236 valence electrons. The van der Waals surface area contributed by atoms with Crippen molar-refractivity contribution in [2.24, 2.45) is 0 Å². The predicted molar refractivity (Wildman–Crippen MR) is 182 cm³/mol. The number of hydrogen-bond acceptors (Lipinski definition) is 5. The zero-order chi connectivity index (χ0) is 31.9. The summed E-state index contributed by atoms with van der Waals surface area (Å²) in [6.07, 6.45) is 15.0. The molecule has 2 aromatic carbocycles. The van der Waals surface area contributed by atoms with Crippen LogP contribution in [0, 0.1) is 0 Å².